The molecule has 0 amide bonds. The zero-order valence-electron chi connectivity index (χ0n) is 21.1. The van der Waals surface area contributed by atoms with Crippen LogP contribution in [0.1, 0.15) is 46.3 Å². The van der Waals surface area contributed by atoms with E-state index in [1.165, 1.54) is 34.8 Å². The minimum Gasteiger partial charge on any atom is -0.488 e. The third-order valence-corrected chi connectivity index (χ3v) is 8.04. The molecule has 0 radical (unpaired) electrons. The average molecular weight is 561 g/mol. The van der Waals surface area contributed by atoms with Crippen LogP contribution in [-0.4, -0.2) is 28.2 Å². The standard InChI is InChI=1S/C29H24N2O6S2/c1-3-36-28(35)24-17(2)30-29-31(25(24)22-9-6-14-38-22)26(32)23(39-29)15-20-7-4-5-8-21(20)37-16-18-10-12-19(13-11-18)27(33)34/h4-15,25H,3,16H2,1-2H3,(H,33,34)/b23-15-/t25-/m1/s1. The van der Waals surface area contributed by atoms with Gasteiger partial charge in [0.25, 0.3) is 5.56 Å². The van der Waals surface area contributed by atoms with Crippen molar-refractivity contribution in [2.75, 3.05) is 6.61 Å². The van der Waals surface area contributed by atoms with Crippen LogP contribution in [0.2, 0.25) is 0 Å². The van der Waals surface area contributed by atoms with Gasteiger partial charge in [-0.1, -0.05) is 47.7 Å². The molecule has 8 nitrogen and oxygen atoms in total. The van der Waals surface area contributed by atoms with Gasteiger partial charge in [0.2, 0.25) is 0 Å². The number of hydrogen-bond donors (Lipinski definition) is 1. The summed E-state index contributed by atoms with van der Waals surface area (Å²) in [5, 5.41) is 11.0. The van der Waals surface area contributed by atoms with Crippen LogP contribution in [0.5, 0.6) is 5.75 Å². The number of rotatable bonds is 8. The SMILES string of the molecule is CCOC(=O)C1=C(C)N=c2s/c(=C\c3ccccc3OCc3ccc(C(=O)O)cc3)c(=O)n2[C@@H]1c1cccs1. The first-order valence-electron chi connectivity index (χ1n) is 12.1. The van der Waals surface area contributed by atoms with Gasteiger partial charge in [-0.2, -0.15) is 0 Å². The lowest BCUT2D eigenvalue weighted by Crippen LogP contribution is -2.39. The molecule has 198 valence electrons. The van der Waals surface area contributed by atoms with Crippen molar-refractivity contribution in [3.8, 4) is 5.75 Å². The highest BCUT2D eigenvalue weighted by atomic mass is 32.1. The Morgan fingerprint density at radius 3 is 2.56 bits per heavy atom. The Morgan fingerprint density at radius 2 is 1.87 bits per heavy atom. The molecule has 1 aliphatic heterocycles. The van der Waals surface area contributed by atoms with Crippen molar-refractivity contribution in [1.29, 1.82) is 0 Å². The maximum atomic E-state index is 13.8. The molecule has 0 saturated carbocycles. The van der Waals surface area contributed by atoms with Crippen LogP contribution in [0.4, 0.5) is 0 Å². The van der Waals surface area contributed by atoms with Crippen molar-refractivity contribution in [3.05, 3.63) is 119 Å². The van der Waals surface area contributed by atoms with Gasteiger partial charge in [-0.05, 0) is 55.1 Å². The molecule has 2 aromatic carbocycles. The van der Waals surface area contributed by atoms with Crippen LogP contribution in [0.15, 0.2) is 87.1 Å². The summed E-state index contributed by atoms with van der Waals surface area (Å²) >= 11 is 2.72. The molecule has 4 aromatic rings. The van der Waals surface area contributed by atoms with Gasteiger partial charge in [-0.15, -0.1) is 11.3 Å². The molecule has 0 unspecified atom stereocenters. The van der Waals surface area contributed by atoms with Crippen LogP contribution < -0.4 is 19.6 Å². The van der Waals surface area contributed by atoms with E-state index in [9.17, 15) is 14.4 Å². The summed E-state index contributed by atoms with van der Waals surface area (Å²) < 4.78 is 13.4. The molecule has 3 heterocycles. The number of ether oxygens (including phenoxy) is 2. The van der Waals surface area contributed by atoms with Crippen molar-refractivity contribution >= 4 is 40.7 Å². The largest absolute Gasteiger partial charge is 0.488 e. The minimum atomic E-state index is -0.986. The van der Waals surface area contributed by atoms with E-state index in [4.69, 9.17) is 14.6 Å². The fraction of sp³-hybridized carbons (Fsp3) is 0.172. The number of carbonyl (C=O) groups excluding carboxylic acids is 1. The summed E-state index contributed by atoms with van der Waals surface area (Å²) in [6.45, 7) is 3.95. The molecule has 10 heteroatoms. The van der Waals surface area contributed by atoms with Gasteiger partial charge in [0.15, 0.2) is 4.80 Å². The van der Waals surface area contributed by atoms with Crippen molar-refractivity contribution in [1.82, 2.24) is 4.57 Å². The number of allylic oxidation sites excluding steroid dienone is 1. The van der Waals surface area contributed by atoms with Crippen LogP contribution in [0, 0.1) is 0 Å². The zero-order chi connectivity index (χ0) is 27.5. The van der Waals surface area contributed by atoms with Gasteiger partial charge >= 0.3 is 11.9 Å². The van der Waals surface area contributed by atoms with Gasteiger partial charge in [0.05, 0.1) is 28.0 Å². The first-order chi connectivity index (χ1) is 18.9. The van der Waals surface area contributed by atoms with E-state index in [2.05, 4.69) is 4.99 Å². The molecule has 2 aromatic heterocycles. The quantitative estimate of drug-likeness (QED) is 0.325. The lowest BCUT2D eigenvalue weighted by atomic mass is 10.0. The van der Waals surface area contributed by atoms with E-state index in [1.54, 1.807) is 36.6 Å². The van der Waals surface area contributed by atoms with Gasteiger partial charge in [0.1, 0.15) is 18.4 Å². The number of nitrogens with zero attached hydrogens (tertiary/aromatic N) is 2. The number of aromatic nitrogens is 1. The van der Waals surface area contributed by atoms with Crippen LogP contribution in [-0.2, 0) is 16.1 Å². The second kappa shape index (κ2) is 11.2. The van der Waals surface area contributed by atoms with Gasteiger partial charge < -0.3 is 14.6 Å². The Labute approximate surface area is 231 Å². The molecule has 5 rings (SSSR count). The number of aromatic carboxylic acids is 1. The monoisotopic (exact) mass is 560 g/mol. The second-order valence-electron chi connectivity index (χ2n) is 8.65. The average Bonchev–Trinajstić information content (AvgIpc) is 3.56. The number of hydrogen-bond acceptors (Lipinski definition) is 8. The number of para-hydroxylation sites is 1. The van der Waals surface area contributed by atoms with Gasteiger partial charge in [-0.25, -0.2) is 14.6 Å². The smallest absolute Gasteiger partial charge is 0.338 e. The van der Waals surface area contributed by atoms with E-state index in [0.717, 1.165) is 10.4 Å². The van der Waals surface area contributed by atoms with E-state index < -0.39 is 18.0 Å². The number of carboxylic acid groups (broad SMARTS) is 1. The van der Waals surface area contributed by atoms with E-state index >= 15 is 0 Å². The summed E-state index contributed by atoms with van der Waals surface area (Å²) in [6, 6.07) is 17.0. The third kappa shape index (κ3) is 5.34. The molecule has 0 fully saturated rings. The number of esters is 1. The van der Waals surface area contributed by atoms with Crippen molar-refractivity contribution in [3.63, 3.8) is 0 Å². The normalized spacial score (nSPS) is 15.0. The Kier molecular flexibility index (Phi) is 7.58. The second-order valence-corrected chi connectivity index (χ2v) is 10.6. The lowest BCUT2D eigenvalue weighted by Gasteiger charge is -2.23. The Hall–Kier alpha value is -4.28. The molecule has 0 aliphatic carbocycles. The number of benzene rings is 2. The molecule has 39 heavy (non-hydrogen) atoms. The van der Waals surface area contributed by atoms with E-state index in [0.29, 0.717) is 31.9 Å². The first kappa shape index (κ1) is 26.3. The molecule has 0 spiro atoms. The number of fused-ring (bicyclic) bond motifs is 1. The maximum Gasteiger partial charge on any atom is 0.338 e. The number of thiazole rings is 1. The predicted octanol–water partition coefficient (Wildman–Crippen LogP) is 4.14. The summed E-state index contributed by atoms with van der Waals surface area (Å²) in [6.07, 6.45) is 1.77. The first-order valence-corrected chi connectivity index (χ1v) is 13.8. The predicted molar refractivity (Wildman–Crippen MR) is 149 cm³/mol. The number of thiophene rings is 1. The minimum absolute atomic E-state index is 0.205. The van der Waals surface area contributed by atoms with Crippen LogP contribution in [0.3, 0.4) is 0 Å². The highest BCUT2D eigenvalue weighted by molar-refractivity contribution is 7.10. The Balaban J connectivity index is 1.53. The highest BCUT2D eigenvalue weighted by Gasteiger charge is 2.33. The highest BCUT2D eigenvalue weighted by Crippen LogP contribution is 2.33. The molecular formula is C29H24N2O6S2. The van der Waals surface area contributed by atoms with Crippen LogP contribution in [0.25, 0.3) is 6.08 Å². The molecule has 1 atom stereocenters. The third-order valence-electron chi connectivity index (χ3n) is 6.13. The Morgan fingerprint density at radius 1 is 1.10 bits per heavy atom. The van der Waals surface area contributed by atoms with Crippen molar-refractivity contribution in [2.45, 2.75) is 26.5 Å². The lowest BCUT2D eigenvalue weighted by molar-refractivity contribution is -0.139. The molecule has 0 bridgehead atoms. The van der Waals surface area contributed by atoms with Crippen molar-refractivity contribution in [2.24, 2.45) is 4.99 Å². The molecule has 0 saturated heterocycles. The van der Waals surface area contributed by atoms with Crippen LogP contribution >= 0.6 is 22.7 Å². The maximum absolute atomic E-state index is 13.8. The van der Waals surface area contributed by atoms with E-state index in [1.807, 2.05) is 41.8 Å². The Bertz CT molecular complexity index is 1750. The molecule has 1 aliphatic rings. The molecular weight excluding hydrogens is 536 g/mol. The zero-order valence-corrected chi connectivity index (χ0v) is 22.8. The number of carbonyl (C=O) groups is 2. The van der Waals surface area contributed by atoms with E-state index in [-0.39, 0.29) is 24.3 Å². The number of carboxylic acids is 1. The summed E-state index contributed by atoms with van der Waals surface area (Å²) in [4.78, 5) is 43.7. The van der Waals surface area contributed by atoms with Crippen molar-refractivity contribution < 1.29 is 24.2 Å². The van der Waals surface area contributed by atoms with Gasteiger partial charge in [0, 0.05) is 10.4 Å². The summed E-state index contributed by atoms with van der Waals surface area (Å²) in [7, 11) is 0. The summed E-state index contributed by atoms with van der Waals surface area (Å²) in [5.74, 6) is -0.898. The van der Waals surface area contributed by atoms with Gasteiger partial charge in [-0.3, -0.25) is 9.36 Å². The topological polar surface area (TPSA) is 107 Å². The fourth-order valence-corrected chi connectivity index (χ4v) is 6.15. The summed E-state index contributed by atoms with van der Waals surface area (Å²) in [5.41, 5.74) is 2.35. The fourth-order valence-electron chi connectivity index (χ4n) is 4.28. The molecule has 1 N–H and O–H groups in total.